The molecular formula is C9H7NO4. The van der Waals surface area contributed by atoms with Crippen molar-refractivity contribution >= 4 is 17.4 Å². The monoisotopic (exact) mass is 193 g/mol. The molecule has 0 saturated carbocycles. The highest BCUT2D eigenvalue weighted by Crippen LogP contribution is 2.27. The second kappa shape index (κ2) is 3.12. The number of anilines is 1. The summed E-state index contributed by atoms with van der Waals surface area (Å²) in [5.41, 5.74) is 0.813. The number of Topliss-reactive ketones (excluding diaryl/α,β-unsaturated/α-hetero) is 1. The molecule has 0 fully saturated rings. The second-order valence-corrected chi connectivity index (χ2v) is 2.74. The minimum atomic E-state index is -0.616. The number of carbonyl (C=O) groups excluding carboxylic acids is 2. The van der Waals surface area contributed by atoms with Crippen LogP contribution in [0.5, 0.6) is 5.75 Å². The summed E-state index contributed by atoms with van der Waals surface area (Å²) >= 11 is 0. The number of carbonyl (C=O) groups is 2. The molecular weight excluding hydrogens is 186 g/mol. The van der Waals surface area contributed by atoms with E-state index in [2.05, 4.69) is 10.2 Å². The van der Waals surface area contributed by atoms with Gasteiger partial charge in [0.1, 0.15) is 0 Å². The topological polar surface area (TPSA) is 64.6 Å². The van der Waals surface area contributed by atoms with E-state index in [1.165, 1.54) is 19.2 Å². The van der Waals surface area contributed by atoms with Crippen LogP contribution in [-0.2, 0) is 9.68 Å². The smallest absolute Gasteiger partial charge is 0.296 e. The van der Waals surface area contributed by atoms with Crippen molar-refractivity contribution in [2.75, 3.05) is 12.4 Å². The zero-order valence-electron chi connectivity index (χ0n) is 7.37. The zero-order chi connectivity index (χ0) is 10.1. The van der Waals surface area contributed by atoms with Crippen molar-refractivity contribution in [2.24, 2.45) is 0 Å². The number of amides is 1. The minimum Gasteiger partial charge on any atom is -0.338 e. The Bertz CT molecular complexity index is 413. The lowest BCUT2D eigenvalue weighted by Crippen LogP contribution is -2.12. The van der Waals surface area contributed by atoms with Gasteiger partial charge in [0.2, 0.25) is 0 Å². The Kier molecular flexibility index (Phi) is 1.94. The van der Waals surface area contributed by atoms with Crippen molar-refractivity contribution in [1.29, 1.82) is 0 Å². The van der Waals surface area contributed by atoms with E-state index in [0.717, 1.165) is 0 Å². The molecule has 1 N–H and O–H groups in total. The highest BCUT2D eigenvalue weighted by molar-refractivity contribution is 6.51. The first kappa shape index (κ1) is 8.71. The lowest BCUT2D eigenvalue weighted by molar-refractivity contribution is -0.178. The maximum absolute atomic E-state index is 11.2. The first-order valence-corrected chi connectivity index (χ1v) is 3.93. The van der Waals surface area contributed by atoms with Gasteiger partial charge >= 0.3 is 0 Å². The number of nitrogens with one attached hydrogen (secondary N) is 1. The predicted molar refractivity (Wildman–Crippen MR) is 47.0 cm³/mol. The molecule has 0 bridgehead atoms. The largest absolute Gasteiger partial charge is 0.338 e. The van der Waals surface area contributed by atoms with Gasteiger partial charge in [-0.1, -0.05) is 0 Å². The van der Waals surface area contributed by atoms with Crippen LogP contribution in [0.1, 0.15) is 10.4 Å². The maximum atomic E-state index is 11.2. The van der Waals surface area contributed by atoms with Gasteiger partial charge in [-0.2, -0.15) is 4.89 Å². The summed E-state index contributed by atoms with van der Waals surface area (Å²) in [5, 5.41) is 2.42. The van der Waals surface area contributed by atoms with Gasteiger partial charge < -0.3 is 10.2 Å². The van der Waals surface area contributed by atoms with Crippen molar-refractivity contribution in [3.05, 3.63) is 23.8 Å². The zero-order valence-corrected chi connectivity index (χ0v) is 7.37. The van der Waals surface area contributed by atoms with E-state index < -0.39 is 11.7 Å². The third-order valence-electron chi connectivity index (χ3n) is 1.87. The number of rotatable bonds is 2. The van der Waals surface area contributed by atoms with Crippen LogP contribution < -0.4 is 10.2 Å². The average Bonchev–Trinajstić information content (AvgIpc) is 2.43. The van der Waals surface area contributed by atoms with Gasteiger partial charge in [-0.15, -0.1) is 0 Å². The highest BCUT2D eigenvalue weighted by atomic mass is 17.2. The predicted octanol–water partition coefficient (Wildman–Crippen LogP) is 0.762. The summed E-state index contributed by atoms with van der Waals surface area (Å²) in [6, 6.07) is 4.60. The Morgan fingerprint density at radius 3 is 2.79 bits per heavy atom. The molecule has 0 radical (unpaired) electrons. The molecule has 1 aliphatic rings. The Morgan fingerprint density at radius 1 is 1.29 bits per heavy atom. The van der Waals surface area contributed by atoms with E-state index in [-0.39, 0.29) is 0 Å². The van der Waals surface area contributed by atoms with Crippen molar-refractivity contribution in [3.63, 3.8) is 0 Å². The van der Waals surface area contributed by atoms with E-state index in [4.69, 9.17) is 4.89 Å². The van der Waals surface area contributed by atoms with Crippen molar-refractivity contribution in [2.45, 2.75) is 0 Å². The highest BCUT2D eigenvalue weighted by Gasteiger charge is 2.27. The van der Waals surface area contributed by atoms with Crippen molar-refractivity contribution in [3.8, 4) is 5.75 Å². The van der Waals surface area contributed by atoms with Gasteiger partial charge in [-0.05, 0) is 12.1 Å². The molecule has 0 aliphatic carbocycles. The van der Waals surface area contributed by atoms with E-state index in [1.54, 1.807) is 6.07 Å². The fraction of sp³-hybridized carbons (Fsp3) is 0.111. The Hall–Kier alpha value is -1.88. The average molecular weight is 193 g/mol. The molecule has 0 spiro atoms. The van der Waals surface area contributed by atoms with E-state index in [9.17, 15) is 9.59 Å². The molecule has 0 saturated heterocycles. The van der Waals surface area contributed by atoms with Gasteiger partial charge in [0, 0.05) is 6.07 Å². The number of fused-ring (bicyclic) bond motifs is 1. The van der Waals surface area contributed by atoms with Gasteiger partial charge in [-0.25, -0.2) is 0 Å². The van der Waals surface area contributed by atoms with Crippen molar-refractivity contribution in [1.82, 2.24) is 0 Å². The maximum Gasteiger partial charge on any atom is 0.296 e. The van der Waals surface area contributed by atoms with E-state index in [1.807, 2.05) is 0 Å². The van der Waals surface area contributed by atoms with Crippen LogP contribution in [0.4, 0.5) is 5.69 Å². The first-order chi connectivity index (χ1) is 6.72. The first-order valence-electron chi connectivity index (χ1n) is 3.93. The fourth-order valence-corrected chi connectivity index (χ4v) is 1.27. The molecule has 1 aromatic carbocycles. The van der Waals surface area contributed by atoms with Crippen LogP contribution in [0, 0.1) is 0 Å². The third-order valence-corrected chi connectivity index (χ3v) is 1.87. The standard InChI is InChI=1S/C9H7NO4/c1-13-14-5-2-3-6-7(4-5)10-9(12)8(6)11/h2-4H,1H3,(H,10,11,12). The summed E-state index contributed by atoms with van der Waals surface area (Å²) in [5.74, 6) is -0.709. The number of benzene rings is 1. The van der Waals surface area contributed by atoms with Crippen LogP contribution in [0.3, 0.4) is 0 Å². The summed E-state index contributed by atoms with van der Waals surface area (Å²) in [4.78, 5) is 31.3. The molecule has 0 atom stereocenters. The summed E-state index contributed by atoms with van der Waals surface area (Å²) in [6.45, 7) is 0. The molecule has 1 aromatic rings. The van der Waals surface area contributed by atoms with E-state index >= 15 is 0 Å². The minimum absolute atomic E-state index is 0.360. The van der Waals surface area contributed by atoms with Gasteiger partial charge in [0.05, 0.1) is 18.4 Å². The molecule has 1 heterocycles. The Morgan fingerprint density at radius 2 is 2.07 bits per heavy atom. The number of hydrogen-bond donors (Lipinski definition) is 1. The second-order valence-electron chi connectivity index (χ2n) is 2.74. The molecule has 5 nitrogen and oxygen atoms in total. The van der Waals surface area contributed by atoms with Gasteiger partial charge in [0.15, 0.2) is 5.75 Å². The summed E-state index contributed by atoms with van der Waals surface area (Å²) in [6.07, 6.45) is 0. The molecule has 2 rings (SSSR count). The lowest BCUT2D eigenvalue weighted by atomic mass is 10.1. The SMILES string of the molecule is COOc1ccc2c(c1)NC(=O)C2=O. The number of hydrogen-bond acceptors (Lipinski definition) is 4. The molecule has 14 heavy (non-hydrogen) atoms. The van der Waals surface area contributed by atoms with Gasteiger partial charge in [-0.3, -0.25) is 9.59 Å². The van der Waals surface area contributed by atoms with E-state index in [0.29, 0.717) is 17.0 Å². The van der Waals surface area contributed by atoms with Crippen LogP contribution in [0.25, 0.3) is 0 Å². The van der Waals surface area contributed by atoms with Crippen molar-refractivity contribution < 1.29 is 19.4 Å². The van der Waals surface area contributed by atoms with Gasteiger partial charge in [0.25, 0.3) is 11.7 Å². The van der Waals surface area contributed by atoms with Crippen LogP contribution in [0.2, 0.25) is 0 Å². The molecule has 0 unspecified atom stereocenters. The normalized spacial score (nSPS) is 13.8. The summed E-state index contributed by atoms with van der Waals surface area (Å²) < 4.78 is 0. The Balaban J connectivity index is 2.39. The molecule has 72 valence electrons. The number of ketones is 1. The molecule has 0 aromatic heterocycles. The lowest BCUT2D eigenvalue weighted by Gasteiger charge is -2.02. The molecule has 1 aliphatic heterocycles. The fourth-order valence-electron chi connectivity index (χ4n) is 1.27. The molecule has 5 heteroatoms. The quantitative estimate of drug-likeness (QED) is 0.428. The Labute approximate surface area is 79.5 Å². The van der Waals surface area contributed by atoms with Crippen LogP contribution in [-0.4, -0.2) is 18.8 Å². The summed E-state index contributed by atoms with van der Waals surface area (Å²) in [7, 11) is 1.37. The third kappa shape index (κ3) is 1.23. The molecule has 1 amide bonds. The van der Waals surface area contributed by atoms with Crippen LogP contribution >= 0.6 is 0 Å². The van der Waals surface area contributed by atoms with Crippen LogP contribution in [0.15, 0.2) is 18.2 Å².